The number of nitrogens with zero attached hydrogens (tertiary/aromatic N) is 1. The minimum absolute atomic E-state index is 0.0244. The molecular weight excluding hydrogens is 220 g/mol. The molecule has 1 fully saturated rings. The third-order valence-electron chi connectivity index (χ3n) is 3.58. The quantitative estimate of drug-likeness (QED) is 0.762. The maximum Gasteiger partial charge on any atom is 0.306 e. The number of amides is 1. The Kier molecular flexibility index (Phi) is 4.14. The third-order valence-corrected chi connectivity index (χ3v) is 3.58. The Balaban J connectivity index is 2.70. The average molecular weight is 242 g/mol. The predicted molar refractivity (Wildman–Crippen MR) is 64.4 cm³/mol. The van der Waals surface area contributed by atoms with Crippen molar-refractivity contribution in [3.05, 3.63) is 0 Å². The summed E-state index contributed by atoms with van der Waals surface area (Å²) >= 11 is 0. The van der Waals surface area contributed by atoms with Crippen LogP contribution in [0, 0.1) is 11.3 Å². The number of piperidine rings is 1. The van der Waals surface area contributed by atoms with Gasteiger partial charge in [-0.25, -0.2) is 0 Å². The lowest BCUT2D eigenvalue weighted by molar-refractivity contribution is -0.150. The third kappa shape index (κ3) is 2.97. The summed E-state index contributed by atoms with van der Waals surface area (Å²) in [4.78, 5) is 24.9. The van der Waals surface area contributed by atoms with Crippen molar-refractivity contribution in [1.29, 1.82) is 0 Å². The van der Waals surface area contributed by atoms with Crippen LogP contribution in [0.1, 0.15) is 33.6 Å². The van der Waals surface area contributed by atoms with Crippen LogP contribution in [-0.4, -0.2) is 41.0 Å². The van der Waals surface area contributed by atoms with E-state index in [-0.39, 0.29) is 17.9 Å². The van der Waals surface area contributed by atoms with Crippen molar-refractivity contribution >= 4 is 11.9 Å². The molecule has 2 atom stereocenters. The molecule has 1 aliphatic rings. The zero-order valence-corrected chi connectivity index (χ0v) is 10.8. The molecule has 1 saturated heterocycles. The Labute approximate surface area is 102 Å². The van der Waals surface area contributed by atoms with Crippen molar-refractivity contribution < 1.29 is 14.7 Å². The van der Waals surface area contributed by atoms with Crippen LogP contribution in [0.3, 0.4) is 0 Å². The normalized spacial score (nSPS) is 25.8. The van der Waals surface area contributed by atoms with Crippen LogP contribution >= 0.6 is 0 Å². The van der Waals surface area contributed by atoms with Crippen molar-refractivity contribution in [3.8, 4) is 0 Å². The largest absolute Gasteiger partial charge is 0.481 e. The van der Waals surface area contributed by atoms with Gasteiger partial charge in [0.15, 0.2) is 0 Å². The summed E-state index contributed by atoms with van der Waals surface area (Å²) < 4.78 is 0. The highest BCUT2D eigenvalue weighted by Gasteiger charge is 2.37. The number of carbonyl (C=O) groups excluding carboxylic acids is 1. The summed E-state index contributed by atoms with van der Waals surface area (Å²) in [7, 11) is 0. The average Bonchev–Trinajstić information content (AvgIpc) is 2.27. The van der Waals surface area contributed by atoms with E-state index in [9.17, 15) is 9.59 Å². The van der Waals surface area contributed by atoms with E-state index in [1.807, 2.05) is 20.8 Å². The summed E-state index contributed by atoms with van der Waals surface area (Å²) in [6, 6.07) is -0.0248. The summed E-state index contributed by atoms with van der Waals surface area (Å²) in [5.41, 5.74) is 5.03. The van der Waals surface area contributed by atoms with E-state index in [0.717, 1.165) is 0 Å². The molecule has 2 unspecified atom stereocenters. The topological polar surface area (TPSA) is 83.6 Å². The first kappa shape index (κ1) is 14.0. The Morgan fingerprint density at radius 3 is 2.47 bits per heavy atom. The number of nitrogens with two attached hydrogens (primary N) is 1. The van der Waals surface area contributed by atoms with Crippen LogP contribution in [0.4, 0.5) is 0 Å². The van der Waals surface area contributed by atoms with Gasteiger partial charge in [-0.05, 0) is 33.6 Å². The molecule has 17 heavy (non-hydrogen) atoms. The van der Waals surface area contributed by atoms with Crippen LogP contribution < -0.4 is 5.73 Å². The number of hydrogen-bond acceptors (Lipinski definition) is 3. The lowest BCUT2D eigenvalue weighted by atomic mass is 9.86. The standard InChI is InChI=1S/C12H22N2O3/c1-8-6-9(10(15)16)4-5-14(8)11(17)12(2,3)7-13/h8-9H,4-7,13H2,1-3H3,(H,15,16). The first-order valence-corrected chi connectivity index (χ1v) is 6.03. The Morgan fingerprint density at radius 1 is 1.47 bits per heavy atom. The minimum atomic E-state index is -0.762. The van der Waals surface area contributed by atoms with Gasteiger partial charge in [-0.15, -0.1) is 0 Å². The van der Waals surface area contributed by atoms with Crippen molar-refractivity contribution in [2.75, 3.05) is 13.1 Å². The fourth-order valence-electron chi connectivity index (χ4n) is 2.17. The number of hydrogen-bond donors (Lipinski definition) is 2. The molecular formula is C12H22N2O3. The van der Waals surface area contributed by atoms with Gasteiger partial charge in [-0.3, -0.25) is 9.59 Å². The van der Waals surface area contributed by atoms with Crippen LogP contribution in [0.25, 0.3) is 0 Å². The number of rotatable bonds is 3. The molecule has 1 rings (SSSR count). The van der Waals surface area contributed by atoms with Gasteiger partial charge < -0.3 is 15.7 Å². The molecule has 1 heterocycles. The maximum absolute atomic E-state index is 12.2. The van der Waals surface area contributed by atoms with Gasteiger partial charge in [0.25, 0.3) is 0 Å². The number of carboxylic acid groups (broad SMARTS) is 1. The molecule has 0 radical (unpaired) electrons. The van der Waals surface area contributed by atoms with Gasteiger partial charge >= 0.3 is 5.97 Å². The molecule has 1 amide bonds. The highest BCUT2D eigenvalue weighted by Crippen LogP contribution is 2.27. The number of likely N-dealkylation sites (tertiary alicyclic amines) is 1. The second kappa shape index (κ2) is 5.04. The molecule has 0 aliphatic carbocycles. The molecule has 5 heteroatoms. The van der Waals surface area contributed by atoms with Gasteiger partial charge in [-0.2, -0.15) is 0 Å². The van der Waals surface area contributed by atoms with Crippen LogP contribution in [0.5, 0.6) is 0 Å². The SMILES string of the molecule is CC1CC(C(=O)O)CCN1C(=O)C(C)(C)CN. The fraction of sp³-hybridized carbons (Fsp3) is 0.833. The molecule has 0 aromatic rings. The van der Waals surface area contributed by atoms with E-state index in [1.54, 1.807) is 4.90 Å². The number of carboxylic acids is 1. The second-order valence-electron chi connectivity index (χ2n) is 5.50. The molecule has 98 valence electrons. The molecule has 0 aromatic carbocycles. The summed E-state index contributed by atoms with van der Waals surface area (Å²) in [5.74, 6) is -1.06. The van der Waals surface area contributed by atoms with Crippen LogP contribution in [0.2, 0.25) is 0 Å². The first-order valence-electron chi connectivity index (χ1n) is 6.03. The van der Waals surface area contributed by atoms with E-state index in [1.165, 1.54) is 0 Å². The van der Waals surface area contributed by atoms with Crippen molar-refractivity contribution in [2.45, 2.75) is 39.7 Å². The molecule has 0 aromatic heterocycles. The monoisotopic (exact) mass is 242 g/mol. The number of carbonyl (C=O) groups is 2. The molecule has 3 N–H and O–H groups in total. The minimum Gasteiger partial charge on any atom is -0.481 e. The lowest BCUT2D eigenvalue weighted by Gasteiger charge is -2.40. The van der Waals surface area contributed by atoms with Gasteiger partial charge in [0, 0.05) is 19.1 Å². The summed E-state index contributed by atoms with van der Waals surface area (Å²) in [6.45, 7) is 6.37. The molecule has 0 spiro atoms. The van der Waals surface area contributed by atoms with Crippen LogP contribution in [-0.2, 0) is 9.59 Å². The maximum atomic E-state index is 12.2. The summed E-state index contributed by atoms with van der Waals surface area (Å²) in [6.07, 6.45) is 1.06. The van der Waals surface area contributed by atoms with Crippen LogP contribution in [0.15, 0.2) is 0 Å². The number of aliphatic carboxylic acids is 1. The Bertz CT molecular complexity index is 315. The predicted octanol–water partition coefficient (Wildman–Crippen LogP) is 0.683. The molecule has 0 saturated carbocycles. The Hall–Kier alpha value is -1.10. The fourth-order valence-corrected chi connectivity index (χ4v) is 2.17. The van der Waals surface area contributed by atoms with E-state index in [2.05, 4.69) is 0 Å². The van der Waals surface area contributed by atoms with Crippen molar-refractivity contribution in [3.63, 3.8) is 0 Å². The van der Waals surface area contributed by atoms with E-state index < -0.39 is 11.4 Å². The first-order chi connectivity index (χ1) is 7.79. The zero-order valence-electron chi connectivity index (χ0n) is 10.8. The highest BCUT2D eigenvalue weighted by molar-refractivity contribution is 5.83. The smallest absolute Gasteiger partial charge is 0.306 e. The summed E-state index contributed by atoms with van der Waals surface area (Å²) in [5, 5.41) is 8.96. The zero-order chi connectivity index (χ0) is 13.2. The van der Waals surface area contributed by atoms with Gasteiger partial charge in [0.2, 0.25) is 5.91 Å². The van der Waals surface area contributed by atoms with E-state index in [4.69, 9.17) is 10.8 Å². The van der Waals surface area contributed by atoms with Gasteiger partial charge in [0.05, 0.1) is 11.3 Å². The molecule has 5 nitrogen and oxygen atoms in total. The van der Waals surface area contributed by atoms with E-state index >= 15 is 0 Å². The Morgan fingerprint density at radius 2 is 2.06 bits per heavy atom. The second-order valence-corrected chi connectivity index (χ2v) is 5.50. The highest BCUT2D eigenvalue weighted by atomic mass is 16.4. The van der Waals surface area contributed by atoms with Gasteiger partial charge in [-0.1, -0.05) is 0 Å². The van der Waals surface area contributed by atoms with Crippen molar-refractivity contribution in [1.82, 2.24) is 4.90 Å². The molecule has 0 bridgehead atoms. The van der Waals surface area contributed by atoms with Gasteiger partial charge in [0.1, 0.15) is 0 Å². The van der Waals surface area contributed by atoms with Crippen molar-refractivity contribution in [2.24, 2.45) is 17.1 Å². The lowest BCUT2D eigenvalue weighted by Crippen LogP contribution is -2.52. The molecule has 1 aliphatic heterocycles. The van der Waals surface area contributed by atoms with E-state index in [0.29, 0.717) is 25.9 Å².